The second-order valence-electron chi connectivity index (χ2n) is 7.18. The number of hydrogen-bond donors (Lipinski definition) is 1. The first-order valence-corrected chi connectivity index (χ1v) is 11.7. The minimum absolute atomic E-state index is 0.253. The van der Waals surface area contributed by atoms with Crippen LogP contribution in [0.5, 0.6) is 5.75 Å². The molecule has 9 heteroatoms. The Hall–Kier alpha value is -3.17. The smallest absolute Gasteiger partial charge is 0.227 e. The predicted molar refractivity (Wildman–Crippen MR) is 120 cm³/mol. The van der Waals surface area contributed by atoms with Crippen molar-refractivity contribution in [3.63, 3.8) is 0 Å². The molecule has 0 radical (unpaired) electrons. The summed E-state index contributed by atoms with van der Waals surface area (Å²) in [6.07, 6.45) is 2.77. The van der Waals surface area contributed by atoms with Crippen molar-refractivity contribution in [2.24, 2.45) is 0 Å². The number of benzene rings is 2. The summed E-state index contributed by atoms with van der Waals surface area (Å²) in [7, 11) is -1.72. The third kappa shape index (κ3) is 4.95. The zero-order valence-corrected chi connectivity index (χ0v) is 18.2. The molecule has 1 fully saturated rings. The van der Waals surface area contributed by atoms with E-state index in [4.69, 9.17) is 9.47 Å². The van der Waals surface area contributed by atoms with Crippen LogP contribution in [0.25, 0.3) is 11.3 Å². The van der Waals surface area contributed by atoms with Crippen molar-refractivity contribution >= 4 is 27.2 Å². The largest absolute Gasteiger partial charge is 0.493 e. The fraction of sp³-hybridized carbons (Fsp3) is 0.273. The van der Waals surface area contributed by atoms with E-state index in [0.717, 1.165) is 43.2 Å². The van der Waals surface area contributed by atoms with Gasteiger partial charge in [-0.3, -0.25) is 0 Å². The first-order chi connectivity index (χ1) is 14.9. The molecule has 1 aromatic heterocycles. The Balaban J connectivity index is 1.56. The number of anilines is 3. The number of ether oxygens (including phenoxy) is 2. The van der Waals surface area contributed by atoms with Crippen LogP contribution >= 0.6 is 0 Å². The van der Waals surface area contributed by atoms with Gasteiger partial charge in [0.15, 0.2) is 15.6 Å². The lowest BCUT2D eigenvalue weighted by Crippen LogP contribution is -2.36. The zero-order valence-electron chi connectivity index (χ0n) is 17.4. The van der Waals surface area contributed by atoms with Gasteiger partial charge in [0.05, 0.1) is 31.4 Å². The molecule has 8 nitrogen and oxygen atoms in total. The fourth-order valence-electron chi connectivity index (χ4n) is 3.35. The molecular formula is C22H24N4O4S. The van der Waals surface area contributed by atoms with E-state index in [1.807, 2.05) is 12.1 Å². The highest BCUT2D eigenvalue weighted by atomic mass is 32.2. The number of nitrogens with zero attached hydrogens (tertiary/aromatic N) is 3. The van der Waals surface area contributed by atoms with Crippen LogP contribution in [-0.2, 0) is 14.6 Å². The lowest BCUT2D eigenvalue weighted by molar-refractivity contribution is 0.122. The topological polar surface area (TPSA) is 93.7 Å². The molecule has 162 valence electrons. The van der Waals surface area contributed by atoms with Crippen molar-refractivity contribution in [3.8, 4) is 17.0 Å². The lowest BCUT2D eigenvalue weighted by Gasteiger charge is -2.28. The maximum Gasteiger partial charge on any atom is 0.227 e. The highest BCUT2D eigenvalue weighted by Gasteiger charge is 2.14. The average molecular weight is 441 g/mol. The Bertz CT molecular complexity index is 1140. The van der Waals surface area contributed by atoms with Gasteiger partial charge in [-0.2, -0.15) is 0 Å². The van der Waals surface area contributed by atoms with Gasteiger partial charge in [-0.25, -0.2) is 18.4 Å². The second-order valence-corrected chi connectivity index (χ2v) is 9.19. The number of methoxy groups -OCH3 is 1. The zero-order chi connectivity index (χ0) is 21.8. The van der Waals surface area contributed by atoms with Crippen molar-refractivity contribution in [2.75, 3.05) is 49.9 Å². The summed E-state index contributed by atoms with van der Waals surface area (Å²) < 4.78 is 34.2. The van der Waals surface area contributed by atoms with Gasteiger partial charge in [-0.15, -0.1) is 0 Å². The molecule has 31 heavy (non-hydrogen) atoms. The molecule has 0 atom stereocenters. The molecule has 2 aromatic carbocycles. The monoisotopic (exact) mass is 440 g/mol. The SMILES string of the molecule is COc1cnc(Nc2ccc(N3CCOCC3)cc2)nc1-c1ccc(S(C)(=O)=O)cc1. The van der Waals surface area contributed by atoms with Crippen molar-refractivity contribution in [1.29, 1.82) is 0 Å². The quantitative estimate of drug-likeness (QED) is 0.625. The molecule has 0 amide bonds. The van der Waals surface area contributed by atoms with Gasteiger partial charge in [-0.1, -0.05) is 12.1 Å². The molecule has 0 unspecified atom stereocenters. The Morgan fingerprint density at radius 1 is 1.03 bits per heavy atom. The molecule has 0 aliphatic carbocycles. The number of nitrogens with one attached hydrogen (secondary N) is 1. The molecule has 0 spiro atoms. The van der Waals surface area contributed by atoms with Crippen LogP contribution in [0.2, 0.25) is 0 Å². The van der Waals surface area contributed by atoms with E-state index < -0.39 is 9.84 Å². The fourth-order valence-corrected chi connectivity index (χ4v) is 3.98. The summed E-state index contributed by atoms with van der Waals surface area (Å²) in [5, 5.41) is 3.21. The van der Waals surface area contributed by atoms with Crippen LogP contribution in [0, 0.1) is 0 Å². The number of hydrogen-bond acceptors (Lipinski definition) is 8. The maximum absolute atomic E-state index is 11.7. The third-order valence-corrected chi connectivity index (χ3v) is 6.16. The van der Waals surface area contributed by atoms with Crippen LogP contribution in [0.15, 0.2) is 59.6 Å². The highest BCUT2D eigenvalue weighted by Crippen LogP contribution is 2.30. The second kappa shape index (κ2) is 8.91. The Kier molecular flexibility index (Phi) is 6.06. The van der Waals surface area contributed by atoms with Gasteiger partial charge in [0.25, 0.3) is 0 Å². The van der Waals surface area contributed by atoms with Crippen LogP contribution in [0.3, 0.4) is 0 Å². The summed E-state index contributed by atoms with van der Waals surface area (Å²) in [5.74, 6) is 0.919. The first kappa shape index (κ1) is 21.1. The normalized spacial score (nSPS) is 14.3. The highest BCUT2D eigenvalue weighted by molar-refractivity contribution is 7.90. The van der Waals surface area contributed by atoms with Crippen LogP contribution in [0.4, 0.5) is 17.3 Å². The summed E-state index contributed by atoms with van der Waals surface area (Å²) in [6.45, 7) is 3.26. The van der Waals surface area contributed by atoms with Crippen LogP contribution in [0.1, 0.15) is 0 Å². The van der Waals surface area contributed by atoms with Gasteiger partial charge in [-0.05, 0) is 36.4 Å². The first-order valence-electron chi connectivity index (χ1n) is 9.85. The van der Waals surface area contributed by atoms with Gasteiger partial charge < -0.3 is 19.7 Å². The van der Waals surface area contributed by atoms with E-state index in [9.17, 15) is 8.42 Å². The molecule has 2 heterocycles. The van der Waals surface area contributed by atoms with Gasteiger partial charge in [0.1, 0.15) is 5.69 Å². The maximum atomic E-state index is 11.7. The number of rotatable bonds is 6. The number of morpholine rings is 1. The van der Waals surface area contributed by atoms with Crippen molar-refractivity contribution in [2.45, 2.75) is 4.90 Å². The molecule has 1 aliphatic rings. The minimum Gasteiger partial charge on any atom is -0.493 e. The number of sulfone groups is 1. The van der Waals surface area contributed by atoms with Crippen LogP contribution < -0.4 is 15.0 Å². The van der Waals surface area contributed by atoms with Crippen molar-refractivity contribution < 1.29 is 17.9 Å². The van der Waals surface area contributed by atoms with Gasteiger partial charge >= 0.3 is 0 Å². The molecule has 1 saturated heterocycles. The summed E-state index contributed by atoms with van der Waals surface area (Å²) in [4.78, 5) is 11.5. The predicted octanol–water partition coefficient (Wildman–Crippen LogP) is 3.14. The minimum atomic E-state index is -3.26. The summed E-state index contributed by atoms with van der Waals surface area (Å²) >= 11 is 0. The van der Waals surface area contributed by atoms with Gasteiger partial charge in [0.2, 0.25) is 5.95 Å². The average Bonchev–Trinajstić information content (AvgIpc) is 2.80. The van der Waals surface area contributed by atoms with E-state index in [-0.39, 0.29) is 4.90 Å². The Morgan fingerprint density at radius 2 is 1.71 bits per heavy atom. The van der Waals surface area contributed by atoms with Crippen molar-refractivity contribution in [1.82, 2.24) is 9.97 Å². The van der Waals surface area contributed by atoms with Gasteiger partial charge in [0, 0.05) is 36.3 Å². The molecule has 1 N–H and O–H groups in total. The third-order valence-electron chi connectivity index (χ3n) is 5.03. The molecule has 3 aromatic rings. The molecule has 1 aliphatic heterocycles. The Labute approximate surface area is 181 Å². The lowest BCUT2D eigenvalue weighted by atomic mass is 10.1. The molecule has 0 saturated carbocycles. The molecule has 0 bridgehead atoms. The molecule has 4 rings (SSSR count). The summed E-state index contributed by atoms with van der Waals surface area (Å²) in [6, 6.07) is 14.6. The van der Waals surface area contributed by atoms with Crippen LogP contribution in [-0.4, -0.2) is 58.1 Å². The van der Waals surface area contributed by atoms with Crippen molar-refractivity contribution in [3.05, 3.63) is 54.7 Å². The molecular weight excluding hydrogens is 416 g/mol. The van der Waals surface area contributed by atoms with E-state index >= 15 is 0 Å². The Morgan fingerprint density at radius 3 is 2.32 bits per heavy atom. The van der Waals surface area contributed by atoms with E-state index in [0.29, 0.717) is 17.4 Å². The standard InChI is InChI=1S/C22H24N4O4S/c1-29-20-15-23-22(25-21(20)16-3-9-19(10-4-16)31(2,27)28)24-17-5-7-18(8-6-17)26-11-13-30-14-12-26/h3-10,15H,11-14H2,1-2H3,(H,23,24,25). The van der Waals surface area contributed by atoms with E-state index in [1.54, 1.807) is 37.6 Å². The summed E-state index contributed by atoms with van der Waals surface area (Å²) in [5.41, 5.74) is 3.32. The number of aromatic nitrogens is 2. The van der Waals surface area contributed by atoms with E-state index in [2.05, 4.69) is 32.3 Å². The van der Waals surface area contributed by atoms with E-state index in [1.165, 1.54) is 6.26 Å².